The van der Waals surface area contributed by atoms with Crippen LogP contribution < -0.4 is 14.8 Å². The highest BCUT2D eigenvalue weighted by atomic mass is 35.5. The molecule has 0 spiro atoms. The molecule has 0 atom stereocenters. The summed E-state index contributed by atoms with van der Waals surface area (Å²) in [5.74, 6) is 1.61. The molecule has 0 unspecified atom stereocenters. The fourth-order valence-electron chi connectivity index (χ4n) is 1.94. The van der Waals surface area contributed by atoms with Crippen molar-refractivity contribution < 1.29 is 9.47 Å². The molecule has 0 aliphatic carbocycles. The Bertz CT molecular complexity index is 555. The summed E-state index contributed by atoms with van der Waals surface area (Å²) in [6.07, 6.45) is 0.914. The van der Waals surface area contributed by atoms with Gasteiger partial charge in [-0.3, -0.25) is 0 Å². The van der Waals surface area contributed by atoms with E-state index in [0.717, 1.165) is 35.2 Å². The van der Waals surface area contributed by atoms with Crippen LogP contribution in [0.25, 0.3) is 0 Å². The van der Waals surface area contributed by atoms with Gasteiger partial charge in [0.2, 0.25) is 0 Å². The van der Waals surface area contributed by atoms with Crippen LogP contribution in [0, 0.1) is 0 Å². The number of hydrogen-bond donors (Lipinski definition) is 1. The van der Waals surface area contributed by atoms with Crippen LogP contribution >= 0.6 is 11.6 Å². The Hall–Kier alpha value is -1.87. The lowest BCUT2D eigenvalue weighted by atomic mass is 10.1. The van der Waals surface area contributed by atoms with Gasteiger partial charge in [0.05, 0.1) is 19.9 Å². The van der Waals surface area contributed by atoms with Gasteiger partial charge in [-0.15, -0.1) is 0 Å². The highest BCUT2D eigenvalue weighted by Gasteiger charge is 2.04. The summed E-state index contributed by atoms with van der Waals surface area (Å²) in [5.41, 5.74) is 2.17. The number of nitrogens with one attached hydrogen (secondary N) is 1. The number of halogens is 1. The van der Waals surface area contributed by atoms with Crippen LogP contribution in [0.15, 0.2) is 42.5 Å². The number of benzene rings is 2. The second-order valence-corrected chi connectivity index (χ2v) is 4.81. The molecule has 0 heterocycles. The fraction of sp³-hybridized carbons (Fsp3) is 0.250. The van der Waals surface area contributed by atoms with Crippen LogP contribution in [-0.4, -0.2) is 20.8 Å². The molecule has 0 amide bonds. The van der Waals surface area contributed by atoms with E-state index in [-0.39, 0.29) is 0 Å². The smallest absolute Gasteiger partial charge is 0.142 e. The van der Waals surface area contributed by atoms with E-state index in [1.54, 1.807) is 14.2 Å². The summed E-state index contributed by atoms with van der Waals surface area (Å²) in [7, 11) is 3.31. The second kappa shape index (κ2) is 7.06. The summed E-state index contributed by atoms with van der Waals surface area (Å²) in [5, 5.41) is 4.12. The Morgan fingerprint density at radius 1 is 1.00 bits per heavy atom. The number of rotatable bonds is 6. The lowest BCUT2D eigenvalue weighted by Crippen LogP contribution is -2.06. The first-order valence-electron chi connectivity index (χ1n) is 6.43. The lowest BCUT2D eigenvalue weighted by Gasteiger charge is -2.12. The first-order chi connectivity index (χ1) is 9.72. The van der Waals surface area contributed by atoms with Gasteiger partial charge in [0.25, 0.3) is 0 Å². The third-order valence-corrected chi connectivity index (χ3v) is 3.30. The first-order valence-corrected chi connectivity index (χ1v) is 6.81. The van der Waals surface area contributed by atoms with E-state index < -0.39 is 0 Å². The largest absolute Gasteiger partial charge is 0.497 e. The molecule has 0 aliphatic rings. The summed E-state index contributed by atoms with van der Waals surface area (Å²) >= 11 is 5.87. The maximum absolute atomic E-state index is 5.87. The van der Waals surface area contributed by atoms with Gasteiger partial charge >= 0.3 is 0 Å². The molecule has 106 valence electrons. The Labute approximate surface area is 124 Å². The number of methoxy groups -OCH3 is 2. The number of ether oxygens (including phenoxy) is 2. The summed E-state index contributed by atoms with van der Waals surface area (Å²) in [6.45, 7) is 0.811. The van der Waals surface area contributed by atoms with Crippen LogP contribution in [-0.2, 0) is 6.42 Å². The van der Waals surface area contributed by atoms with E-state index >= 15 is 0 Å². The van der Waals surface area contributed by atoms with Crippen molar-refractivity contribution in [3.8, 4) is 11.5 Å². The molecule has 3 nitrogen and oxygen atoms in total. The van der Waals surface area contributed by atoms with Gasteiger partial charge < -0.3 is 14.8 Å². The fourth-order valence-corrected chi connectivity index (χ4v) is 2.07. The van der Waals surface area contributed by atoms with Crippen LogP contribution in [0.4, 0.5) is 5.69 Å². The van der Waals surface area contributed by atoms with Gasteiger partial charge in [0.1, 0.15) is 11.5 Å². The highest BCUT2D eigenvalue weighted by molar-refractivity contribution is 6.30. The molecule has 0 saturated carbocycles. The predicted molar refractivity (Wildman–Crippen MR) is 83.2 cm³/mol. The van der Waals surface area contributed by atoms with Gasteiger partial charge in [0.15, 0.2) is 0 Å². The third kappa shape index (κ3) is 3.81. The topological polar surface area (TPSA) is 30.5 Å². The van der Waals surface area contributed by atoms with Crippen LogP contribution in [0.2, 0.25) is 5.02 Å². The van der Waals surface area contributed by atoms with Gasteiger partial charge in [-0.05, 0) is 36.2 Å². The van der Waals surface area contributed by atoms with Gasteiger partial charge in [-0.2, -0.15) is 0 Å². The molecule has 0 bridgehead atoms. The van der Waals surface area contributed by atoms with Crippen LogP contribution in [0.5, 0.6) is 11.5 Å². The molecule has 2 aromatic carbocycles. The van der Waals surface area contributed by atoms with E-state index in [4.69, 9.17) is 21.1 Å². The number of anilines is 1. The summed E-state index contributed by atoms with van der Waals surface area (Å²) < 4.78 is 10.5. The molecule has 0 radical (unpaired) electrons. The highest BCUT2D eigenvalue weighted by Crippen LogP contribution is 2.28. The molecule has 0 aromatic heterocycles. The van der Waals surface area contributed by atoms with Crippen molar-refractivity contribution >= 4 is 17.3 Å². The van der Waals surface area contributed by atoms with Gasteiger partial charge in [0, 0.05) is 17.6 Å². The first kappa shape index (κ1) is 14.5. The van der Waals surface area contributed by atoms with Crippen molar-refractivity contribution in [2.45, 2.75) is 6.42 Å². The summed E-state index contributed by atoms with van der Waals surface area (Å²) in [4.78, 5) is 0. The maximum Gasteiger partial charge on any atom is 0.142 e. The van der Waals surface area contributed by atoms with E-state index in [1.807, 2.05) is 42.5 Å². The van der Waals surface area contributed by atoms with Crippen LogP contribution in [0.1, 0.15) is 5.56 Å². The van der Waals surface area contributed by atoms with Crippen molar-refractivity contribution in [3.63, 3.8) is 0 Å². The molecule has 2 aromatic rings. The molecular weight excluding hydrogens is 274 g/mol. The Balaban J connectivity index is 1.97. The quantitative estimate of drug-likeness (QED) is 0.872. The Kier molecular flexibility index (Phi) is 5.13. The normalized spacial score (nSPS) is 10.2. The van der Waals surface area contributed by atoms with Crippen molar-refractivity contribution in [1.29, 1.82) is 0 Å². The van der Waals surface area contributed by atoms with Crippen molar-refractivity contribution in [3.05, 3.63) is 53.1 Å². The van der Waals surface area contributed by atoms with E-state index in [0.29, 0.717) is 0 Å². The zero-order valence-electron chi connectivity index (χ0n) is 11.7. The lowest BCUT2D eigenvalue weighted by molar-refractivity contribution is 0.404. The van der Waals surface area contributed by atoms with E-state index in [1.165, 1.54) is 5.56 Å². The number of hydrogen-bond acceptors (Lipinski definition) is 3. The SMILES string of the molecule is COc1ccc(OC)c(NCCc2ccc(Cl)cc2)c1. The zero-order chi connectivity index (χ0) is 14.4. The minimum absolute atomic E-state index is 0.760. The molecule has 4 heteroatoms. The van der Waals surface area contributed by atoms with E-state index in [2.05, 4.69) is 5.32 Å². The van der Waals surface area contributed by atoms with Crippen molar-refractivity contribution in [1.82, 2.24) is 0 Å². The van der Waals surface area contributed by atoms with E-state index in [9.17, 15) is 0 Å². The molecule has 0 saturated heterocycles. The average molecular weight is 292 g/mol. The second-order valence-electron chi connectivity index (χ2n) is 4.37. The van der Waals surface area contributed by atoms with Crippen molar-refractivity contribution in [2.24, 2.45) is 0 Å². The molecular formula is C16H18ClNO2. The molecule has 1 N–H and O–H groups in total. The van der Waals surface area contributed by atoms with Crippen LogP contribution in [0.3, 0.4) is 0 Å². The van der Waals surface area contributed by atoms with Gasteiger partial charge in [-0.1, -0.05) is 23.7 Å². The molecule has 2 rings (SSSR count). The Morgan fingerprint density at radius 2 is 1.75 bits per heavy atom. The minimum atomic E-state index is 0.760. The maximum atomic E-state index is 5.87. The molecule has 20 heavy (non-hydrogen) atoms. The summed E-state index contributed by atoms with van der Waals surface area (Å²) in [6, 6.07) is 13.6. The standard InChI is InChI=1S/C16H18ClNO2/c1-19-14-7-8-16(20-2)15(11-14)18-10-9-12-3-5-13(17)6-4-12/h3-8,11,18H,9-10H2,1-2H3. The van der Waals surface area contributed by atoms with Crippen molar-refractivity contribution in [2.75, 3.05) is 26.1 Å². The predicted octanol–water partition coefficient (Wildman–Crippen LogP) is 4.01. The average Bonchev–Trinajstić information content (AvgIpc) is 2.49. The third-order valence-electron chi connectivity index (χ3n) is 3.05. The molecule has 0 aliphatic heterocycles. The molecule has 0 fully saturated rings. The minimum Gasteiger partial charge on any atom is -0.497 e. The Morgan fingerprint density at radius 3 is 2.40 bits per heavy atom. The zero-order valence-corrected chi connectivity index (χ0v) is 12.4. The van der Waals surface area contributed by atoms with Gasteiger partial charge in [-0.25, -0.2) is 0 Å². The monoisotopic (exact) mass is 291 g/mol.